The number of hydrogen-bond acceptors (Lipinski definition) is 2. The van der Waals surface area contributed by atoms with Crippen molar-refractivity contribution in [2.24, 2.45) is 5.84 Å². The number of rotatable bonds is 7. The Kier molecular flexibility index (Phi) is 6.70. The van der Waals surface area contributed by atoms with Gasteiger partial charge in [-0.25, -0.2) is 14.6 Å². The Morgan fingerprint density at radius 2 is 2.09 bits per heavy atom. The Bertz CT molecular complexity index is 598. The van der Waals surface area contributed by atoms with Crippen LogP contribution in [0.1, 0.15) is 49.8 Å². The number of hydrogen-bond donors (Lipinski definition) is 1. The summed E-state index contributed by atoms with van der Waals surface area (Å²) < 4.78 is 25.7. The second-order valence-corrected chi connectivity index (χ2v) is 5.87. The maximum absolute atomic E-state index is 12.8. The van der Waals surface area contributed by atoms with E-state index in [2.05, 4.69) is 32.6 Å². The molecular weight excluding hydrogens is 294 g/mol. The second kappa shape index (κ2) is 8.06. The minimum atomic E-state index is -2.88. The molecule has 0 aliphatic heterocycles. The number of hydrazine groups is 1. The predicted molar refractivity (Wildman–Crippen MR) is 93.8 cm³/mol. The van der Waals surface area contributed by atoms with Gasteiger partial charge in [-0.05, 0) is 42.5 Å². The van der Waals surface area contributed by atoms with E-state index >= 15 is 0 Å². The molecule has 2 N–H and O–H groups in total. The van der Waals surface area contributed by atoms with Crippen LogP contribution < -0.4 is 5.84 Å². The van der Waals surface area contributed by atoms with Crippen LogP contribution >= 0.6 is 0 Å². The van der Waals surface area contributed by atoms with E-state index in [1.807, 2.05) is 19.1 Å². The third kappa shape index (κ3) is 5.99. The predicted octanol–water partition coefficient (Wildman–Crippen LogP) is 5.38. The van der Waals surface area contributed by atoms with Crippen molar-refractivity contribution in [2.45, 2.75) is 46.0 Å². The molecule has 0 aliphatic rings. The highest BCUT2D eigenvalue weighted by molar-refractivity contribution is 5.51. The Hall–Kier alpha value is -1.94. The molecule has 1 aromatic rings. The van der Waals surface area contributed by atoms with Crippen LogP contribution in [0, 0.1) is 6.92 Å². The summed E-state index contributed by atoms with van der Waals surface area (Å²) in [5, 5.41) is 1.18. The molecule has 23 heavy (non-hydrogen) atoms. The van der Waals surface area contributed by atoms with Crippen molar-refractivity contribution in [3.63, 3.8) is 0 Å². The van der Waals surface area contributed by atoms with Gasteiger partial charge in [-0.3, -0.25) is 5.01 Å². The third-order valence-corrected chi connectivity index (χ3v) is 3.76. The third-order valence-electron chi connectivity index (χ3n) is 3.76. The van der Waals surface area contributed by atoms with Gasteiger partial charge in [0.15, 0.2) is 0 Å². The normalized spacial score (nSPS) is 14.1. The summed E-state index contributed by atoms with van der Waals surface area (Å²) in [5.41, 5.74) is 4.47. The van der Waals surface area contributed by atoms with Crippen LogP contribution in [0.15, 0.2) is 48.8 Å². The van der Waals surface area contributed by atoms with E-state index in [9.17, 15) is 8.78 Å². The smallest absolute Gasteiger partial charge is 0.265 e. The first-order chi connectivity index (χ1) is 10.7. The van der Waals surface area contributed by atoms with E-state index in [0.29, 0.717) is 0 Å². The Balaban J connectivity index is 3.07. The number of nitrogens with two attached hydrogens (primary N) is 1. The topological polar surface area (TPSA) is 29.3 Å². The van der Waals surface area contributed by atoms with Gasteiger partial charge in [-0.2, -0.15) is 0 Å². The van der Waals surface area contributed by atoms with Crippen LogP contribution in [0.25, 0.3) is 6.08 Å². The number of benzene rings is 1. The molecule has 0 spiro atoms. The molecule has 1 aromatic carbocycles. The molecule has 0 fully saturated rings. The maximum atomic E-state index is 12.8. The van der Waals surface area contributed by atoms with Gasteiger partial charge in [0.1, 0.15) is 0 Å². The second-order valence-electron chi connectivity index (χ2n) is 5.87. The number of alkyl halides is 2. The van der Waals surface area contributed by atoms with Crippen LogP contribution in [-0.4, -0.2) is 10.9 Å². The summed E-state index contributed by atoms with van der Waals surface area (Å²) in [6, 6.07) is 6.21. The SMILES string of the molecule is C=Cc1ccc(C)c(C(CC)/C(C)=C\N(N)/C=C/C(C)(F)F)c1. The van der Waals surface area contributed by atoms with E-state index < -0.39 is 5.92 Å². The fourth-order valence-electron chi connectivity index (χ4n) is 2.53. The van der Waals surface area contributed by atoms with Crippen molar-refractivity contribution in [3.8, 4) is 0 Å². The van der Waals surface area contributed by atoms with E-state index in [-0.39, 0.29) is 5.92 Å². The van der Waals surface area contributed by atoms with Gasteiger partial charge in [-0.1, -0.05) is 37.8 Å². The quantitative estimate of drug-likeness (QED) is 0.540. The number of halogens is 2. The molecule has 0 amide bonds. The highest BCUT2D eigenvalue weighted by atomic mass is 19.3. The lowest BCUT2D eigenvalue weighted by Crippen LogP contribution is -2.21. The van der Waals surface area contributed by atoms with Gasteiger partial charge >= 0.3 is 0 Å². The highest BCUT2D eigenvalue weighted by Gasteiger charge is 2.17. The van der Waals surface area contributed by atoms with Crippen molar-refractivity contribution in [2.75, 3.05) is 0 Å². The van der Waals surface area contributed by atoms with Gasteiger partial charge in [0.2, 0.25) is 0 Å². The van der Waals surface area contributed by atoms with Crippen LogP contribution in [0.5, 0.6) is 0 Å². The fraction of sp³-hybridized carbons (Fsp3) is 0.368. The summed E-state index contributed by atoms with van der Waals surface area (Å²) in [6.45, 7) is 10.8. The average Bonchev–Trinajstić information content (AvgIpc) is 2.47. The van der Waals surface area contributed by atoms with E-state index in [1.54, 1.807) is 6.20 Å². The van der Waals surface area contributed by atoms with Crippen molar-refractivity contribution in [1.82, 2.24) is 5.01 Å². The summed E-state index contributed by atoms with van der Waals surface area (Å²) in [6.07, 6.45) is 6.36. The lowest BCUT2D eigenvalue weighted by molar-refractivity contribution is 0.0761. The van der Waals surface area contributed by atoms with Crippen molar-refractivity contribution in [3.05, 3.63) is 65.5 Å². The monoisotopic (exact) mass is 320 g/mol. The van der Waals surface area contributed by atoms with Crippen molar-refractivity contribution >= 4 is 6.08 Å². The molecule has 126 valence electrons. The molecule has 0 saturated carbocycles. The van der Waals surface area contributed by atoms with Crippen molar-refractivity contribution in [1.29, 1.82) is 0 Å². The zero-order valence-corrected chi connectivity index (χ0v) is 14.3. The molecule has 1 rings (SSSR count). The van der Waals surface area contributed by atoms with E-state index in [1.165, 1.54) is 22.3 Å². The maximum Gasteiger partial charge on any atom is 0.265 e. The molecule has 1 atom stereocenters. The largest absolute Gasteiger partial charge is 0.294 e. The first-order valence-electron chi connectivity index (χ1n) is 7.69. The fourth-order valence-corrected chi connectivity index (χ4v) is 2.53. The van der Waals surface area contributed by atoms with Gasteiger partial charge in [0.05, 0.1) is 0 Å². The molecule has 0 aliphatic carbocycles. The van der Waals surface area contributed by atoms with Crippen molar-refractivity contribution < 1.29 is 8.78 Å². The Labute approximate surface area is 138 Å². The molecule has 0 saturated heterocycles. The summed E-state index contributed by atoms with van der Waals surface area (Å²) in [7, 11) is 0. The lowest BCUT2D eigenvalue weighted by atomic mass is 9.86. The zero-order valence-electron chi connectivity index (χ0n) is 14.3. The summed E-state index contributed by atoms with van der Waals surface area (Å²) >= 11 is 0. The standard InChI is InChI=1S/C19H26F2N2/c1-6-16-9-8-14(3)18(12-16)17(7-2)15(4)13-23(22)11-10-19(5,20)21/h6,8-13,17H,1,7,22H2,2-5H3/b11-10+,15-13-. The first-order valence-corrected chi connectivity index (χ1v) is 7.69. The van der Waals surface area contributed by atoms with Gasteiger partial charge in [0.25, 0.3) is 5.92 Å². The number of allylic oxidation sites excluding steroid dienone is 2. The Morgan fingerprint density at radius 1 is 1.43 bits per heavy atom. The van der Waals surface area contributed by atoms with Gasteiger partial charge in [-0.15, -0.1) is 0 Å². The molecular formula is C19H26F2N2. The summed E-state index contributed by atoms with van der Waals surface area (Å²) in [4.78, 5) is 0. The summed E-state index contributed by atoms with van der Waals surface area (Å²) in [5.74, 6) is 3.07. The lowest BCUT2D eigenvalue weighted by Gasteiger charge is -2.21. The first kappa shape index (κ1) is 19.1. The van der Waals surface area contributed by atoms with Crippen LogP contribution in [-0.2, 0) is 0 Å². The molecule has 2 nitrogen and oxygen atoms in total. The van der Waals surface area contributed by atoms with E-state index in [0.717, 1.165) is 30.6 Å². The number of aryl methyl sites for hydroxylation is 1. The molecule has 0 radical (unpaired) electrons. The average molecular weight is 320 g/mol. The van der Waals surface area contributed by atoms with Crippen LogP contribution in [0.3, 0.4) is 0 Å². The minimum absolute atomic E-state index is 0.177. The zero-order chi connectivity index (χ0) is 17.6. The van der Waals surface area contributed by atoms with Gasteiger partial charge in [0, 0.05) is 31.3 Å². The van der Waals surface area contributed by atoms with Crippen LogP contribution in [0.2, 0.25) is 0 Å². The van der Waals surface area contributed by atoms with Gasteiger partial charge < -0.3 is 0 Å². The molecule has 0 heterocycles. The molecule has 4 heteroatoms. The Morgan fingerprint density at radius 3 is 2.61 bits per heavy atom. The highest BCUT2D eigenvalue weighted by Crippen LogP contribution is 2.31. The van der Waals surface area contributed by atoms with E-state index in [4.69, 9.17) is 5.84 Å². The number of nitrogens with zero attached hydrogens (tertiary/aromatic N) is 1. The van der Waals surface area contributed by atoms with Crippen LogP contribution in [0.4, 0.5) is 8.78 Å². The molecule has 0 bridgehead atoms. The minimum Gasteiger partial charge on any atom is -0.294 e. The molecule has 1 unspecified atom stereocenters. The molecule has 0 aromatic heterocycles.